The van der Waals surface area contributed by atoms with Crippen molar-refractivity contribution in [2.45, 2.75) is 39.8 Å². The molecule has 208 valence electrons. The van der Waals surface area contributed by atoms with Gasteiger partial charge in [-0.25, -0.2) is 9.88 Å². The number of guanidine groups is 1. The zero-order chi connectivity index (χ0) is 28.3. The number of nitrogens with zero attached hydrogens (tertiary/aromatic N) is 7. The number of aromatic nitrogens is 2. The van der Waals surface area contributed by atoms with Gasteiger partial charge in [-0.15, -0.1) is 0 Å². The van der Waals surface area contributed by atoms with Crippen molar-refractivity contribution >= 4 is 63.9 Å². The van der Waals surface area contributed by atoms with Crippen molar-refractivity contribution in [3.63, 3.8) is 0 Å². The third-order valence-electron chi connectivity index (χ3n) is 8.06. The lowest BCUT2D eigenvalue weighted by Gasteiger charge is -2.44. The second kappa shape index (κ2) is 10.2. The minimum absolute atomic E-state index is 0.319. The number of para-hydroxylation sites is 1. The molecule has 4 heterocycles. The Labute approximate surface area is 244 Å². The van der Waals surface area contributed by atoms with E-state index in [0.717, 1.165) is 18.8 Å². The number of nitrogens with one attached hydrogen (secondary N) is 1. The zero-order valence-corrected chi connectivity index (χ0v) is 24.8. The smallest absolute Gasteiger partial charge is 0.270 e. The lowest BCUT2D eigenvalue weighted by atomic mass is 10.0. The predicted octanol–water partition coefficient (Wildman–Crippen LogP) is 5.51. The Morgan fingerprint density at radius 2 is 1.65 bits per heavy atom. The van der Waals surface area contributed by atoms with Crippen molar-refractivity contribution in [1.82, 2.24) is 14.9 Å². The summed E-state index contributed by atoms with van der Waals surface area (Å²) in [6, 6.07) is 10.4. The van der Waals surface area contributed by atoms with E-state index in [0.29, 0.717) is 64.2 Å². The summed E-state index contributed by atoms with van der Waals surface area (Å²) in [5.74, 6) is 1.07. The fourth-order valence-corrected chi connectivity index (χ4v) is 6.54. The molecular weight excluding hydrogens is 547 g/mol. The summed E-state index contributed by atoms with van der Waals surface area (Å²) < 4.78 is 0. The summed E-state index contributed by atoms with van der Waals surface area (Å²) >= 11 is 12.9. The van der Waals surface area contributed by atoms with Crippen LogP contribution in [0.15, 0.2) is 41.5 Å². The van der Waals surface area contributed by atoms with Crippen LogP contribution >= 0.6 is 23.2 Å². The molecule has 0 saturated carbocycles. The molecule has 1 aromatic heterocycles. The van der Waals surface area contributed by atoms with Crippen LogP contribution in [0.3, 0.4) is 0 Å². The molecule has 6 rings (SSSR count). The second-order valence-corrected chi connectivity index (χ2v) is 11.6. The fourth-order valence-electron chi connectivity index (χ4n) is 5.98. The van der Waals surface area contributed by atoms with Crippen molar-refractivity contribution in [3.05, 3.63) is 63.3 Å². The molecule has 9 nitrogen and oxygen atoms in total. The fraction of sp³-hybridized carbons (Fsp3) is 0.379. The number of carbonyl (C=O) groups is 1. The molecular formula is C29H32Cl2N8O. The Kier molecular flexibility index (Phi) is 6.84. The van der Waals surface area contributed by atoms with Gasteiger partial charge >= 0.3 is 0 Å². The van der Waals surface area contributed by atoms with Crippen LogP contribution in [0.4, 0.5) is 28.8 Å². The molecule has 0 bridgehead atoms. The highest BCUT2D eigenvalue weighted by atomic mass is 35.5. The molecule has 0 aliphatic carbocycles. The highest BCUT2D eigenvalue weighted by Crippen LogP contribution is 2.40. The maximum atomic E-state index is 13.7. The normalized spacial score (nSPS) is 20.9. The third kappa shape index (κ3) is 4.46. The third-order valence-corrected chi connectivity index (χ3v) is 8.67. The van der Waals surface area contributed by atoms with Crippen LogP contribution in [0.1, 0.15) is 35.3 Å². The van der Waals surface area contributed by atoms with E-state index in [4.69, 9.17) is 28.2 Å². The van der Waals surface area contributed by atoms with Gasteiger partial charge in [0.15, 0.2) is 5.82 Å². The molecule has 1 amide bonds. The summed E-state index contributed by atoms with van der Waals surface area (Å²) in [5, 5.41) is 4.10. The van der Waals surface area contributed by atoms with Crippen molar-refractivity contribution in [3.8, 4) is 0 Å². The van der Waals surface area contributed by atoms with Crippen LogP contribution < -0.4 is 20.0 Å². The van der Waals surface area contributed by atoms with Crippen LogP contribution in [0.2, 0.25) is 10.0 Å². The Hall–Kier alpha value is -3.40. The highest BCUT2D eigenvalue weighted by Gasteiger charge is 2.41. The Morgan fingerprint density at radius 1 is 1.00 bits per heavy atom. The van der Waals surface area contributed by atoms with Gasteiger partial charge in [0.2, 0.25) is 11.9 Å². The molecule has 0 spiro atoms. The van der Waals surface area contributed by atoms with Gasteiger partial charge in [0.05, 0.1) is 22.3 Å². The Bertz CT molecular complexity index is 1490. The van der Waals surface area contributed by atoms with E-state index in [1.807, 2.05) is 4.90 Å². The molecule has 3 aliphatic rings. The summed E-state index contributed by atoms with van der Waals surface area (Å²) in [7, 11) is 2.20. The molecule has 2 aromatic carbocycles. The molecule has 3 aliphatic heterocycles. The van der Waals surface area contributed by atoms with E-state index in [1.54, 1.807) is 24.4 Å². The van der Waals surface area contributed by atoms with Gasteiger partial charge in [-0.1, -0.05) is 29.3 Å². The van der Waals surface area contributed by atoms with Gasteiger partial charge in [0.1, 0.15) is 5.56 Å². The van der Waals surface area contributed by atoms with Gasteiger partial charge in [0.25, 0.3) is 5.91 Å². The number of benzene rings is 2. The van der Waals surface area contributed by atoms with Crippen LogP contribution in [-0.4, -0.2) is 72.0 Å². The predicted molar refractivity (Wildman–Crippen MR) is 163 cm³/mol. The van der Waals surface area contributed by atoms with Crippen molar-refractivity contribution in [1.29, 1.82) is 0 Å². The van der Waals surface area contributed by atoms with Crippen molar-refractivity contribution < 1.29 is 4.79 Å². The molecule has 2 unspecified atom stereocenters. The lowest BCUT2D eigenvalue weighted by Crippen LogP contribution is -2.55. The number of hydrogen-bond acceptors (Lipinski definition) is 8. The minimum atomic E-state index is -0.319. The summed E-state index contributed by atoms with van der Waals surface area (Å²) in [6.45, 7) is 11.9. The lowest BCUT2D eigenvalue weighted by molar-refractivity contribution is 0.1000. The highest BCUT2D eigenvalue weighted by molar-refractivity contribution is 6.43. The van der Waals surface area contributed by atoms with Crippen LogP contribution in [0.25, 0.3) is 0 Å². The number of aryl methyl sites for hydroxylation is 2. The average Bonchev–Trinajstić information content (AvgIpc) is 3.38. The van der Waals surface area contributed by atoms with E-state index in [-0.39, 0.29) is 5.91 Å². The Morgan fingerprint density at radius 3 is 2.30 bits per heavy atom. The summed E-state index contributed by atoms with van der Waals surface area (Å²) in [5.41, 5.74) is 5.34. The maximum absolute atomic E-state index is 13.7. The van der Waals surface area contributed by atoms with Gasteiger partial charge in [-0.05, 0) is 70.1 Å². The van der Waals surface area contributed by atoms with Crippen LogP contribution in [-0.2, 0) is 0 Å². The first-order chi connectivity index (χ1) is 19.1. The molecule has 40 heavy (non-hydrogen) atoms. The quantitative estimate of drug-likeness (QED) is 0.437. The Balaban J connectivity index is 1.30. The van der Waals surface area contributed by atoms with Crippen LogP contribution in [0.5, 0.6) is 0 Å². The number of rotatable bonds is 4. The number of carbonyl (C=O) groups excluding carboxylic acids is 1. The van der Waals surface area contributed by atoms with E-state index < -0.39 is 0 Å². The number of hydrogen-bond donors (Lipinski definition) is 1. The van der Waals surface area contributed by atoms with E-state index >= 15 is 0 Å². The number of piperazine rings is 1. The topological polar surface area (TPSA) is 80.2 Å². The largest absolute Gasteiger partial charge is 0.368 e. The van der Waals surface area contributed by atoms with E-state index in [9.17, 15) is 4.79 Å². The molecule has 3 aromatic rings. The average molecular weight is 580 g/mol. The zero-order valence-electron chi connectivity index (χ0n) is 23.2. The second-order valence-electron chi connectivity index (χ2n) is 10.8. The maximum Gasteiger partial charge on any atom is 0.270 e. The molecule has 0 radical (unpaired) electrons. The first-order valence-electron chi connectivity index (χ1n) is 13.5. The molecule has 11 heteroatoms. The van der Waals surface area contributed by atoms with E-state index in [1.165, 1.54) is 21.7 Å². The van der Waals surface area contributed by atoms with Crippen molar-refractivity contribution in [2.75, 3.05) is 53.2 Å². The number of aliphatic imine (C=N–C) groups is 1. The van der Waals surface area contributed by atoms with Gasteiger partial charge in [-0.3, -0.25) is 19.6 Å². The monoisotopic (exact) mass is 578 g/mol. The summed E-state index contributed by atoms with van der Waals surface area (Å²) in [6.07, 6.45) is 1.56. The first kappa shape index (κ1) is 26.8. The standard InChI is InChI=1S/C29H32Cl2N8O/c1-16-11-20(12-17(2)24(16)37-14-18(3)36(5)19(4)15-37)34-28-33-13-21-26(35-28)38-10-9-32-29(38)39(27(21)40)25-22(30)7-6-8-23(25)31/h6-8,11-13,18-19H,9-10,14-15H2,1-5H3,(H,33,34,35). The summed E-state index contributed by atoms with van der Waals surface area (Å²) in [4.78, 5) is 35.9. The molecule has 1 N–H and O–H groups in total. The molecule has 1 fully saturated rings. The number of halogens is 2. The number of amides is 1. The number of anilines is 5. The van der Waals surface area contributed by atoms with Crippen molar-refractivity contribution in [2.24, 2.45) is 4.99 Å². The van der Waals surface area contributed by atoms with Gasteiger partial charge in [0, 0.05) is 49.3 Å². The SMILES string of the molecule is Cc1cc(Nc2ncc3c(n2)N2CCN=C2N(c2c(Cl)cccc2Cl)C3=O)cc(C)c1N1CC(C)N(C)C(C)C1. The number of fused-ring (bicyclic) bond motifs is 3. The van der Waals surface area contributed by atoms with Gasteiger partial charge < -0.3 is 10.2 Å². The molecule has 1 saturated heterocycles. The molecule has 2 atom stereocenters. The number of likely N-dealkylation sites (N-methyl/N-ethyl adjacent to an activating group) is 1. The van der Waals surface area contributed by atoms with Gasteiger partial charge in [-0.2, -0.15) is 4.98 Å². The van der Waals surface area contributed by atoms with E-state index in [2.05, 4.69) is 72.0 Å². The first-order valence-corrected chi connectivity index (χ1v) is 14.2. The minimum Gasteiger partial charge on any atom is -0.368 e. The van der Waals surface area contributed by atoms with Crippen LogP contribution in [0, 0.1) is 13.8 Å².